The maximum atomic E-state index is 12.1. The van der Waals surface area contributed by atoms with Gasteiger partial charge in [0.2, 0.25) is 5.91 Å². The van der Waals surface area contributed by atoms with Gasteiger partial charge in [0.05, 0.1) is 0 Å². The zero-order chi connectivity index (χ0) is 20.4. The van der Waals surface area contributed by atoms with Crippen LogP contribution >= 0.6 is 0 Å². The highest BCUT2D eigenvalue weighted by Gasteiger charge is 2.28. The standard InChI is InChI=1S/C20H21F3N2O3/c21-20(22,23)14-28-17-10-8-15(9-11-17)13-25-18(26)7-4-12-24-19(27)16-5-2-1-3-6-16/h1-3,5-6,8-11H,4,7,12-14H2,(H,24,27)(H,25,26). The minimum absolute atomic E-state index is 0.113. The predicted molar refractivity (Wildman–Crippen MR) is 97.8 cm³/mol. The molecule has 0 aliphatic rings. The van der Waals surface area contributed by atoms with E-state index >= 15 is 0 Å². The summed E-state index contributed by atoms with van der Waals surface area (Å²) in [6.07, 6.45) is -3.64. The van der Waals surface area contributed by atoms with Crippen molar-refractivity contribution in [3.05, 3.63) is 65.7 Å². The molecule has 0 aliphatic heterocycles. The van der Waals surface area contributed by atoms with Crippen molar-refractivity contribution in [1.82, 2.24) is 10.6 Å². The van der Waals surface area contributed by atoms with Gasteiger partial charge in [-0.1, -0.05) is 30.3 Å². The van der Waals surface area contributed by atoms with Crippen LogP contribution in [0.1, 0.15) is 28.8 Å². The van der Waals surface area contributed by atoms with Crippen molar-refractivity contribution in [2.24, 2.45) is 0 Å². The Kier molecular flexibility index (Phi) is 7.86. The monoisotopic (exact) mass is 394 g/mol. The molecule has 0 atom stereocenters. The molecule has 5 nitrogen and oxygen atoms in total. The van der Waals surface area contributed by atoms with Crippen LogP contribution in [0.15, 0.2) is 54.6 Å². The van der Waals surface area contributed by atoms with Crippen molar-refractivity contribution >= 4 is 11.8 Å². The highest BCUT2D eigenvalue weighted by molar-refractivity contribution is 5.94. The smallest absolute Gasteiger partial charge is 0.422 e. The van der Waals surface area contributed by atoms with Crippen LogP contribution in [0.2, 0.25) is 0 Å². The van der Waals surface area contributed by atoms with Crippen LogP contribution in [0.4, 0.5) is 13.2 Å². The number of carbonyl (C=O) groups excluding carboxylic acids is 2. The molecule has 28 heavy (non-hydrogen) atoms. The largest absolute Gasteiger partial charge is 0.484 e. The predicted octanol–water partition coefficient (Wildman–Crippen LogP) is 3.45. The van der Waals surface area contributed by atoms with Gasteiger partial charge in [-0.05, 0) is 36.2 Å². The van der Waals surface area contributed by atoms with Gasteiger partial charge in [0, 0.05) is 25.1 Å². The van der Waals surface area contributed by atoms with Crippen molar-refractivity contribution in [3.8, 4) is 5.75 Å². The molecule has 0 unspecified atom stereocenters. The van der Waals surface area contributed by atoms with Crippen molar-refractivity contribution in [1.29, 1.82) is 0 Å². The maximum absolute atomic E-state index is 12.1. The molecule has 2 N–H and O–H groups in total. The van der Waals surface area contributed by atoms with E-state index in [0.717, 1.165) is 5.56 Å². The fourth-order valence-electron chi connectivity index (χ4n) is 2.30. The third kappa shape index (κ3) is 8.11. The molecule has 0 saturated carbocycles. The van der Waals surface area contributed by atoms with Crippen molar-refractivity contribution in [2.75, 3.05) is 13.2 Å². The molecule has 0 heterocycles. The Morgan fingerprint density at radius 1 is 0.929 bits per heavy atom. The summed E-state index contributed by atoms with van der Waals surface area (Å²) in [5.41, 5.74) is 1.31. The van der Waals surface area contributed by atoms with E-state index in [9.17, 15) is 22.8 Å². The lowest BCUT2D eigenvalue weighted by Crippen LogP contribution is -2.27. The Morgan fingerprint density at radius 3 is 2.25 bits per heavy atom. The number of halogens is 3. The molecule has 0 bridgehead atoms. The minimum Gasteiger partial charge on any atom is -0.484 e. The highest BCUT2D eigenvalue weighted by Crippen LogP contribution is 2.18. The second-order valence-electron chi connectivity index (χ2n) is 6.05. The average molecular weight is 394 g/mol. The van der Waals surface area contributed by atoms with Crippen LogP contribution in [0.5, 0.6) is 5.75 Å². The molecular formula is C20H21F3N2O3. The van der Waals surface area contributed by atoms with Gasteiger partial charge in [0.15, 0.2) is 6.61 Å². The van der Waals surface area contributed by atoms with E-state index in [4.69, 9.17) is 0 Å². The van der Waals surface area contributed by atoms with E-state index in [1.54, 1.807) is 36.4 Å². The number of hydrogen-bond acceptors (Lipinski definition) is 3. The third-order valence-corrected chi connectivity index (χ3v) is 3.72. The van der Waals surface area contributed by atoms with Crippen LogP contribution in [-0.4, -0.2) is 31.1 Å². The molecule has 0 aromatic heterocycles. The van der Waals surface area contributed by atoms with Crippen molar-refractivity contribution < 1.29 is 27.5 Å². The molecule has 150 valence electrons. The van der Waals surface area contributed by atoms with E-state index in [0.29, 0.717) is 18.5 Å². The first kappa shape index (κ1) is 21.3. The van der Waals surface area contributed by atoms with Crippen molar-refractivity contribution in [3.63, 3.8) is 0 Å². The average Bonchev–Trinajstić information content (AvgIpc) is 2.69. The van der Waals surface area contributed by atoms with E-state index in [2.05, 4.69) is 15.4 Å². The number of nitrogens with one attached hydrogen (secondary N) is 2. The van der Waals surface area contributed by atoms with Gasteiger partial charge in [-0.2, -0.15) is 13.2 Å². The number of ether oxygens (including phenoxy) is 1. The summed E-state index contributed by atoms with van der Waals surface area (Å²) in [6, 6.07) is 14.8. The second-order valence-corrected chi connectivity index (χ2v) is 6.05. The molecule has 0 fully saturated rings. The molecule has 0 spiro atoms. The fraction of sp³-hybridized carbons (Fsp3) is 0.300. The molecule has 0 radical (unpaired) electrons. The van der Waals surface area contributed by atoms with Gasteiger partial charge in [-0.15, -0.1) is 0 Å². The Labute approximate surface area is 160 Å². The molecular weight excluding hydrogens is 373 g/mol. The van der Waals surface area contributed by atoms with Crippen LogP contribution < -0.4 is 15.4 Å². The van der Waals surface area contributed by atoms with Crippen molar-refractivity contribution in [2.45, 2.75) is 25.6 Å². The number of hydrogen-bond donors (Lipinski definition) is 2. The summed E-state index contributed by atoms with van der Waals surface area (Å²) in [5, 5.41) is 5.47. The Balaban J connectivity index is 1.62. The first-order chi connectivity index (χ1) is 13.3. The van der Waals surface area contributed by atoms with Gasteiger partial charge in [0.25, 0.3) is 5.91 Å². The first-order valence-electron chi connectivity index (χ1n) is 8.72. The molecule has 2 amide bonds. The highest BCUT2D eigenvalue weighted by atomic mass is 19.4. The lowest BCUT2D eigenvalue weighted by atomic mass is 10.2. The molecule has 2 aromatic rings. The molecule has 2 rings (SSSR count). The van der Waals surface area contributed by atoms with Gasteiger partial charge in [-0.3, -0.25) is 9.59 Å². The summed E-state index contributed by atoms with van der Waals surface area (Å²) >= 11 is 0. The van der Waals surface area contributed by atoms with E-state index in [1.807, 2.05) is 6.07 Å². The lowest BCUT2D eigenvalue weighted by Gasteiger charge is -2.10. The molecule has 0 saturated heterocycles. The summed E-state index contributed by atoms with van der Waals surface area (Å²) in [5.74, 6) is -0.248. The van der Waals surface area contributed by atoms with E-state index in [1.165, 1.54) is 12.1 Å². The third-order valence-electron chi connectivity index (χ3n) is 3.72. The van der Waals surface area contributed by atoms with Crippen LogP contribution in [0.25, 0.3) is 0 Å². The summed E-state index contributed by atoms with van der Waals surface area (Å²) < 4.78 is 40.9. The SMILES string of the molecule is O=C(CCCNC(=O)c1ccccc1)NCc1ccc(OCC(F)(F)F)cc1. The zero-order valence-corrected chi connectivity index (χ0v) is 15.1. The number of carbonyl (C=O) groups is 2. The number of alkyl halides is 3. The fourth-order valence-corrected chi connectivity index (χ4v) is 2.30. The lowest BCUT2D eigenvalue weighted by molar-refractivity contribution is -0.153. The van der Waals surface area contributed by atoms with Crippen LogP contribution in [0.3, 0.4) is 0 Å². The topological polar surface area (TPSA) is 67.4 Å². The molecule has 8 heteroatoms. The van der Waals surface area contributed by atoms with Gasteiger partial charge in [0.1, 0.15) is 5.75 Å². The van der Waals surface area contributed by atoms with Gasteiger partial charge in [-0.25, -0.2) is 0 Å². The second kappa shape index (κ2) is 10.3. The van der Waals surface area contributed by atoms with Gasteiger partial charge < -0.3 is 15.4 Å². The van der Waals surface area contributed by atoms with Gasteiger partial charge >= 0.3 is 6.18 Å². The van der Waals surface area contributed by atoms with E-state index < -0.39 is 12.8 Å². The first-order valence-corrected chi connectivity index (χ1v) is 8.72. The molecule has 0 aliphatic carbocycles. The zero-order valence-electron chi connectivity index (χ0n) is 15.1. The minimum atomic E-state index is -4.38. The summed E-state index contributed by atoms with van der Waals surface area (Å²) in [4.78, 5) is 23.7. The normalized spacial score (nSPS) is 11.0. The number of amides is 2. The van der Waals surface area contributed by atoms with Crippen LogP contribution in [0, 0.1) is 0 Å². The molecule has 2 aromatic carbocycles. The Morgan fingerprint density at radius 2 is 1.61 bits per heavy atom. The Hall–Kier alpha value is -3.03. The number of benzene rings is 2. The maximum Gasteiger partial charge on any atom is 0.422 e. The quantitative estimate of drug-likeness (QED) is 0.640. The number of rotatable bonds is 9. The summed E-state index contributed by atoms with van der Waals surface area (Å²) in [7, 11) is 0. The van der Waals surface area contributed by atoms with E-state index in [-0.39, 0.29) is 30.5 Å². The summed E-state index contributed by atoms with van der Waals surface area (Å²) in [6.45, 7) is -0.703. The Bertz CT molecular complexity index is 763. The van der Waals surface area contributed by atoms with Crippen LogP contribution in [-0.2, 0) is 11.3 Å².